The van der Waals surface area contributed by atoms with E-state index < -0.39 is 0 Å². The van der Waals surface area contributed by atoms with Crippen molar-refractivity contribution in [1.82, 2.24) is 0 Å². The van der Waals surface area contributed by atoms with E-state index in [-0.39, 0.29) is 0 Å². The number of methoxy groups -OCH3 is 1. The third-order valence-electron chi connectivity index (χ3n) is 2.97. The molecule has 0 aliphatic heterocycles. The van der Waals surface area contributed by atoms with Gasteiger partial charge in [0.1, 0.15) is 5.75 Å². The van der Waals surface area contributed by atoms with Gasteiger partial charge in [-0.15, -0.1) is 6.58 Å². The second-order valence-corrected chi connectivity index (χ2v) is 4.21. The third kappa shape index (κ3) is 3.14. The molecule has 96 valence electrons. The summed E-state index contributed by atoms with van der Waals surface area (Å²) in [6, 6.07) is 18.4. The monoisotopic (exact) mass is 250 g/mol. The molecule has 0 aliphatic rings. The summed E-state index contributed by atoms with van der Waals surface area (Å²) in [7, 11) is 1.70. The maximum absolute atomic E-state index is 5.46. The van der Waals surface area contributed by atoms with E-state index in [4.69, 9.17) is 4.74 Å². The molecule has 0 radical (unpaired) electrons. The first-order chi connectivity index (χ1) is 9.36. The van der Waals surface area contributed by atoms with Crippen LogP contribution in [-0.4, -0.2) is 7.11 Å². The SMILES string of the molecule is C=CC/C=C(\c1ccccc1)c1ccccc1OC. The van der Waals surface area contributed by atoms with Crippen molar-refractivity contribution >= 4 is 5.57 Å². The Kier molecular flexibility index (Phi) is 4.57. The van der Waals surface area contributed by atoms with Crippen LogP contribution in [0.3, 0.4) is 0 Å². The molecule has 2 rings (SSSR count). The molecule has 1 nitrogen and oxygen atoms in total. The van der Waals surface area contributed by atoms with Crippen molar-refractivity contribution in [3.05, 3.63) is 84.5 Å². The maximum atomic E-state index is 5.46. The molecule has 0 unspecified atom stereocenters. The smallest absolute Gasteiger partial charge is 0.126 e. The van der Waals surface area contributed by atoms with Gasteiger partial charge >= 0.3 is 0 Å². The van der Waals surface area contributed by atoms with Crippen LogP contribution in [0.4, 0.5) is 0 Å². The van der Waals surface area contributed by atoms with Crippen molar-refractivity contribution in [3.63, 3.8) is 0 Å². The minimum absolute atomic E-state index is 0.836. The van der Waals surface area contributed by atoms with Crippen LogP contribution in [0.5, 0.6) is 5.75 Å². The summed E-state index contributed by atoms with van der Waals surface area (Å²) in [4.78, 5) is 0. The molecule has 2 aromatic carbocycles. The summed E-state index contributed by atoms with van der Waals surface area (Å²) in [6.07, 6.45) is 4.92. The third-order valence-corrected chi connectivity index (χ3v) is 2.97. The fourth-order valence-corrected chi connectivity index (χ4v) is 2.07. The predicted molar refractivity (Wildman–Crippen MR) is 81.3 cm³/mol. The molecule has 0 aromatic heterocycles. The molecular weight excluding hydrogens is 232 g/mol. The van der Waals surface area contributed by atoms with Gasteiger partial charge in [-0.2, -0.15) is 0 Å². The summed E-state index contributed by atoms with van der Waals surface area (Å²) < 4.78 is 5.46. The summed E-state index contributed by atoms with van der Waals surface area (Å²) in [5.41, 5.74) is 3.48. The Bertz CT molecular complexity index is 567. The van der Waals surface area contributed by atoms with Crippen LogP contribution in [0.1, 0.15) is 17.5 Å². The Morgan fingerprint density at radius 1 is 1.05 bits per heavy atom. The van der Waals surface area contributed by atoms with Crippen LogP contribution in [0.25, 0.3) is 5.57 Å². The van der Waals surface area contributed by atoms with E-state index in [0.717, 1.165) is 17.7 Å². The normalized spacial score (nSPS) is 11.1. The van der Waals surface area contributed by atoms with Crippen LogP contribution < -0.4 is 4.74 Å². The Morgan fingerprint density at radius 3 is 2.42 bits per heavy atom. The van der Waals surface area contributed by atoms with Crippen LogP contribution in [-0.2, 0) is 0 Å². The van der Waals surface area contributed by atoms with Gasteiger partial charge in [-0.1, -0.05) is 60.7 Å². The van der Waals surface area contributed by atoms with Crippen molar-refractivity contribution < 1.29 is 4.74 Å². The predicted octanol–water partition coefficient (Wildman–Crippen LogP) is 4.70. The van der Waals surface area contributed by atoms with Crippen LogP contribution in [0.2, 0.25) is 0 Å². The van der Waals surface area contributed by atoms with Gasteiger partial charge in [-0.05, 0) is 23.6 Å². The fraction of sp³-hybridized carbons (Fsp3) is 0.111. The largest absolute Gasteiger partial charge is 0.496 e. The average molecular weight is 250 g/mol. The Morgan fingerprint density at radius 2 is 1.74 bits per heavy atom. The number of benzene rings is 2. The minimum atomic E-state index is 0.836. The van der Waals surface area contributed by atoms with E-state index in [1.165, 1.54) is 11.1 Å². The van der Waals surface area contributed by atoms with E-state index in [0.29, 0.717) is 0 Å². The highest BCUT2D eigenvalue weighted by Gasteiger charge is 2.09. The minimum Gasteiger partial charge on any atom is -0.496 e. The lowest BCUT2D eigenvalue weighted by Gasteiger charge is -2.12. The van der Waals surface area contributed by atoms with Gasteiger partial charge in [0.2, 0.25) is 0 Å². The Labute approximate surface area is 114 Å². The first-order valence-corrected chi connectivity index (χ1v) is 6.36. The standard InChI is InChI=1S/C18H18O/c1-3-4-12-16(15-10-6-5-7-11-15)17-13-8-9-14-18(17)19-2/h3,5-14H,1,4H2,2H3/b16-12+. The Balaban J connectivity index is 2.52. The van der Waals surface area contributed by atoms with Gasteiger partial charge in [0, 0.05) is 5.56 Å². The molecule has 0 atom stereocenters. The highest BCUT2D eigenvalue weighted by atomic mass is 16.5. The van der Waals surface area contributed by atoms with Gasteiger partial charge in [-0.25, -0.2) is 0 Å². The molecule has 0 saturated heterocycles. The van der Waals surface area contributed by atoms with E-state index in [9.17, 15) is 0 Å². The average Bonchev–Trinajstić information content (AvgIpc) is 2.49. The van der Waals surface area contributed by atoms with Gasteiger partial charge in [0.05, 0.1) is 7.11 Å². The first-order valence-electron chi connectivity index (χ1n) is 6.36. The van der Waals surface area contributed by atoms with Crippen molar-refractivity contribution in [2.45, 2.75) is 6.42 Å². The molecule has 0 amide bonds. The second-order valence-electron chi connectivity index (χ2n) is 4.21. The topological polar surface area (TPSA) is 9.23 Å². The first kappa shape index (κ1) is 13.2. The number of rotatable bonds is 5. The van der Waals surface area contributed by atoms with E-state index in [1.54, 1.807) is 7.11 Å². The van der Waals surface area contributed by atoms with E-state index in [2.05, 4.69) is 30.9 Å². The molecule has 0 bridgehead atoms. The maximum Gasteiger partial charge on any atom is 0.126 e. The number of hydrogen-bond acceptors (Lipinski definition) is 1. The highest BCUT2D eigenvalue weighted by Crippen LogP contribution is 2.31. The number of hydrogen-bond donors (Lipinski definition) is 0. The molecule has 0 fully saturated rings. The van der Waals surface area contributed by atoms with E-state index >= 15 is 0 Å². The molecular formula is C18H18O. The highest BCUT2D eigenvalue weighted by molar-refractivity contribution is 5.82. The lowest BCUT2D eigenvalue weighted by molar-refractivity contribution is 0.413. The van der Waals surface area contributed by atoms with E-state index in [1.807, 2.05) is 42.5 Å². The molecule has 2 aromatic rings. The molecule has 0 heterocycles. The zero-order valence-electron chi connectivity index (χ0n) is 11.2. The van der Waals surface area contributed by atoms with Gasteiger partial charge in [-0.3, -0.25) is 0 Å². The van der Waals surface area contributed by atoms with Crippen molar-refractivity contribution in [3.8, 4) is 5.75 Å². The van der Waals surface area contributed by atoms with Crippen LogP contribution in [0.15, 0.2) is 73.3 Å². The Hall–Kier alpha value is -2.28. The molecule has 0 N–H and O–H groups in total. The zero-order chi connectivity index (χ0) is 13.5. The van der Waals surface area contributed by atoms with Crippen LogP contribution >= 0.6 is 0 Å². The lowest BCUT2D eigenvalue weighted by Crippen LogP contribution is -1.93. The van der Waals surface area contributed by atoms with Gasteiger partial charge in [0.25, 0.3) is 0 Å². The van der Waals surface area contributed by atoms with Crippen molar-refractivity contribution in [1.29, 1.82) is 0 Å². The van der Waals surface area contributed by atoms with Crippen molar-refractivity contribution in [2.75, 3.05) is 7.11 Å². The van der Waals surface area contributed by atoms with Gasteiger partial charge < -0.3 is 4.74 Å². The summed E-state index contributed by atoms with van der Waals surface area (Å²) in [5, 5.41) is 0. The zero-order valence-corrected chi connectivity index (χ0v) is 11.2. The molecule has 0 aliphatic carbocycles. The van der Waals surface area contributed by atoms with Crippen LogP contribution in [0, 0.1) is 0 Å². The molecule has 19 heavy (non-hydrogen) atoms. The summed E-state index contributed by atoms with van der Waals surface area (Å²) in [6.45, 7) is 3.79. The lowest BCUT2D eigenvalue weighted by atomic mass is 9.96. The quantitative estimate of drug-likeness (QED) is 0.699. The molecule has 0 spiro atoms. The number of allylic oxidation sites excluding steroid dienone is 2. The molecule has 0 saturated carbocycles. The number of ether oxygens (including phenoxy) is 1. The number of para-hydroxylation sites is 1. The fourth-order valence-electron chi connectivity index (χ4n) is 2.07. The summed E-state index contributed by atoms with van der Waals surface area (Å²) in [5.74, 6) is 0.890. The van der Waals surface area contributed by atoms with Crippen molar-refractivity contribution in [2.24, 2.45) is 0 Å². The van der Waals surface area contributed by atoms with Gasteiger partial charge in [0.15, 0.2) is 0 Å². The summed E-state index contributed by atoms with van der Waals surface area (Å²) >= 11 is 0. The second kappa shape index (κ2) is 6.60. The molecule has 1 heteroatoms.